The Bertz CT molecular complexity index is 362. The first kappa shape index (κ1) is 15.3. The summed E-state index contributed by atoms with van der Waals surface area (Å²) in [6.45, 7) is 5.79. The molecule has 2 amide bonds. The molecule has 1 aliphatic heterocycles. The number of rotatable bonds is 4. The van der Waals surface area contributed by atoms with Crippen molar-refractivity contribution in [2.75, 3.05) is 13.1 Å². The predicted molar refractivity (Wildman–Crippen MR) is 65.9 cm³/mol. The van der Waals surface area contributed by atoms with E-state index in [1.54, 1.807) is 20.8 Å². The number of carbonyl (C=O) groups is 3. The van der Waals surface area contributed by atoms with E-state index >= 15 is 0 Å². The predicted octanol–water partition coefficient (Wildman–Crippen LogP) is 0.982. The fourth-order valence-corrected chi connectivity index (χ4v) is 1.47. The Morgan fingerprint density at radius 1 is 1.37 bits per heavy atom. The molecule has 1 N–H and O–H groups in total. The zero-order valence-corrected chi connectivity index (χ0v) is 11.5. The maximum absolute atomic E-state index is 11.4. The minimum absolute atomic E-state index is 0.0109. The number of hydrogen-bond donors (Lipinski definition) is 1. The van der Waals surface area contributed by atoms with Gasteiger partial charge in [-0.25, -0.2) is 9.59 Å². The molecule has 7 heteroatoms. The van der Waals surface area contributed by atoms with Crippen LogP contribution in [0.5, 0.6) is 0 Å². The molecule has 0 spiro atoms. The van der Waals surface area contributed by atoms with E-state index in [0.717, 1.165) is 5.06 Å². The molecule has 7 nitrogen and oxygen atoms in total. The molecule has 1 aliphatic rings. The van der Waals surface area contributed by atoms with Crippen LogP contribution in [0.15, 0.2) is 0 Å². The van der Waals surface area contributed by atoms with Crippen molar-refractivity contribution in [1.82, 2.24) is 10.4 Å². The Kier molecular flexibility index (Phi) is 5.14. The lowest BCUT2D eigenvalue weighted by molar-refractivity contribution is -0.192. The molecule has 0 aromatic rings. The van der Waals surface area contributed by atoms with E-state index < -0.39 is 17.7 Å². The second kappa shape index (κ2) is 6.40. The van der Waals surface area contributed by atoms with Gasteiger partial charge >= 0.3 is 12.1 Å². The van der Waals surface area contributed by atoms with Gasteiger partial charge in [-0.05, 0) is 27.2 Å². The Morgan fingerprint density at radius 2 is 2.05 bits per heavy atom. The summed E-state index contributed by atoms with van der Waals surface area (Å²) in [5.74, 6) is -0.736. The summed E-state index contributed by atoms with van der Waals surface area (Å²) in [6, 6.07) is 0. The lowest BCUT2D eigenvalue weighted by Crippen LogP contribution is -2.35. The van der Waals surface area contributed by atoms with E-state index in [0.29, 0.717) is 19.4 Å². The lowest BCUT2D eigenvalue weighted by Gasteiger charge is -2.19. The van der Waals surface area contributed by atoms with Crippen molar-refractivity contribution in [3.05, 3.63) is 0 Å². The number of nitrogens with zero attached hydrogens (tertiary/aromatic N) is 1. The normalized spacial score (nSPS) is 15.3. The third-order valence-corrected chi connectivity index (χ3v) is 2.24. The standard InChI is InChI=1S/C12H20N2O5/c1-12(2,3)18-11(17)13-7-6-10(16)19-14-8-4-5-9(14)15/h4-8H2,1-3H3,(H,13,17). The maximum Gasteiger partial charge on any atom is 0.407 e. The van der Waals surface area contributed by atoms with Crippen LogP contribution >= 0.6 is 0 Å². The van der Waals surface area contributed by atoms with E-state index in [2.05, 4.69) is 5.32 Å². The van der Waals surface area contributed by atoms with Gasteiger partial charge in [0.15, 0.2) is 0 Å². The Morgan fingerprint density at radius 3 is 2.58 bits per heavy atom. The van der Waals surface area contributed by atoms with Gasteiger partial charge in [0, 0.05) is 13.0 Å². The van der Waals surface area contributed by atoms with E-state index in [4.69, 9.17) is 9.57 Å². The fourth-order valence-electron chi connectivity index (χ4n) is 1.47. The molecular formula is C12H20N2O5. The number of amides is 2. The second-order valence-electron chi connectivity index (χ2n) is 5.24. The minimum atomic E-state index is -0.586. The monoisotopic (exact) mass is 272 g/mol. The third-order valence-electron chi connectivity index (χ3n) is 2.24. The van der Waals surface area contributed by atoms with Gasteiger partial charge in [0.1, 0.15) is 5.60 Å². The Hall–Kier alpha value is -1.79. The summed E-state index contributed by atoms with van der Waals surface area (Å²) in [4.78, 5) is 38.8. The molecule has 1 saturated heterocycles. The van der Waals surface area contributed by atoms with Gasteiger partial charge in [-0.3, -0.25) is 4.79 Å². The molecule has 0 aromatic heterocycles. The number of hydroxylamine groups is 2. The smallest absolute Gasteiger partial charge is 0.407 e. The number of nitrogens with one attached hydrogen (secondary N) is 1. The molecule has 0 aromatic carbocycles. The van der Waals surface area contributed by atoms with Gasteiger partial charge in [0.05, 0.1) is 13.0 Å². The average Bonchev–Trinajstić information content (AvgIpc) is 2.61. The van der Waals surface area contributed by atoms with Gasteiger partial charge in [0.2, 0.25) is 0 Å². The first-order valence-corrected chi connectivity index (χ1v) is 6.26. The Labute approximate surface area is 112 Å². The zero-order chi connectivity index (χ0) is 14.5. The molecule has 108 valence electrons. The molecular weight excluding hydrogens is 252 g/mol. The summed E-state index contributed by atoms with van der Waals surface area (Å²) < 4.78 is 5.00. The van der Waals surface area contributed by atoms with Crippen molar-refractivity contribution in [3.8, 4) is 0 Å². The molecule has 0 radical (unpaired) electrons. The van der Waals surface area contributed by atoms with E-state index in [1.807, 2.05) is 0 Å². The van der Waals surface area contributed by atoms with Gasteiger partial charge in [-0.1, -0.05) is 0 Å². The summed E-state index contributed by atoms with van der Waals surface area (Å²) in [5.41, 5.74) is -0.577. The summed E-state index contributed by atoms with van der Waals surface area (Å²) in [6.07, 6.45) is 0.506. The van der Waals surface area contributed by atoms with Crippen molar-refractivity contribution in [2.45, 2.75) is 45.6 Å². The number of hydrogen-bond acceptors (Lipinski definition) is 5. The van der Waals surface area contributed by atoms with Gasteiger partial charge < -0.3 is 14.9 Å². The molecule has 0 unspecified atom stereocenters. The van der Waals surface area contributed by atoms with Crippen molar-refractivity contribution < 1.29 is 24.0 Å². The van der Waals surface area contributed by atoms with Crippen LogP contribution in [-0.2, 0) is 19.2 Å². The van der Waals surface area contributed by atoms with Crippen molar-refractivity contribution in [1.29, 1.82) is 0 Å². The summed E-state index contributed by atoms with van der Waals surface area (Å²) >= 11 is 0. The molecule has 1 fully saturated rings. The lowest BCUT2D eigenvalue weighted by atomic mass is 10.2. The number of alkyl carbamates (subject to hydrolysis) is 1. The van der Waals surface area contributed by atoms with Crippen LogP contribution in [0.25, 0.3) is 0 Å². The highest BCUT2D eigenvalue weighted by Crippen LogP contribution is 2.10. The molecule has 0 aliphatic carbocycles. The maximum atomic E-state index is 11.4. The van der Waals surface area contributed by atoms with Gasteiger partial charge in [-0.15, -0.1) is 0 Å². The topological polar surface area (TPSA) is 84.9 Å². The summed E-state index contributed by atoms with van der Waals surface area (Å²) in [7, 11) is 0. The van der Waals surface area contributed by atoms with Crippen LogP contribution in [0.1, 0.15) is 40.0 Å². The highest BCUT2D eigenvalue weighted by molar-refractivity contribution is 5.79. The van der Waals surface area contributed by atoms with Crippen LogP contribution in [-0.4, -0.2) is 41.7 Å². The van der Waals surface area contributed by atoms with Gasteiger partial charge in [-0.2, -0.15) is 5.06 Å². The van der Waals surface area contributed by atoms with E-state index in [-0.39, 0.29) is 18.9 Å². The molecule has 1 rings (SSSR count). The SMILES string of the molecule is CC(C)(C)OC(=O)NCCC(=O)ON1CCCC1=O. The molecule has 0 atom stereocenters. The van der Waals surface area contributed by atoms with Gasteiger partial charge in [0.25, 0.3) is 5.91 Å². The molecule has 0 saturated carbocycles. The van der Waals surface area contributed by atoms with Crippen LogP contribution in [0, 0.1) is 0 Å². The number of ether oxygens (including phenoxy) is 1. The van der Waals surface area contributed by atoms with Crippen LogP contribution in [0.2, 0.25) is 0 Å². The zero-order valence-electron chi connectivity index (χ0n) is 11.5. The van der Waals surface area contributed by atoms with E-state index in [1.165, 1.54) is 0 Å². The quantitative estimate of drug-likeness (QED) is 0.824. The van der Waals surface area contributed by atoms with E-state index in [9.17, 15) is 14.4 Å². The largest absolute Gasteiger partial charge is 0.444 e. The van der Waals surface area contributed by atoms with Crippen molar-refractivity contribution in [3.63, 3.8) is 0 Å². The average molecular weight is 272 g/mol. The number of carbonyl (C=O) groups excluding carboxylic acids is 3. The first-order chi connectivity index (χ1) is 8.78. The first-order valence-electron chi connectivity index (χ1n) is 6.26. The Balaban J connectivity index is 2.17. The minimum Gasteiger partial charge on any atom is -0.444 e. The second-order valence-corrected chi connectivity index (χ2v) is 5.24. The molecule has 0 bridgehead atoms. The fraction of sp³-hybridized carbons (Fsp3) is 0.750. The third kappa shape index (κ3) is 6.08. The molecule has 19 heavy (non-hydrogen) atoms. The van der Waals surface area contributed by atoms with Crippen molar-refractivity contribution >= 4 is 18.0 Å². The van der Waals surface area contributed by atoms with Crippen LogP contribution < -0.4 is 5.32 Å². The van der Waals surface area contributed by atoms with Crippen LogP contribution in [0.4, 0.5) is 4.79 Å². The summed E-state index contributed by atoms with van der Waals surface area (Å²) in [5, 5.41) is 3.51. The highest BCUT2D eigenvalue weighted by atomic mass is 16.7. The van der Waals surface area contributed by atoms with Crippen molar-refractivity contribution in [2.24, 2.45) is 0 Å². The van der Waals surface area contributed by atoms with Crippen LogP contribution in [0.3, 0.4) is 0 Å². The molecule has 1 heterocycles. The highest BCUT2D eigenvalue weighted by Gasteiger charge is 2.24.